The van der Waals surface area contributed by atoms with Gasteiger partial charge in [0.2, 0.25) is 0 Å². The molecule has 1 rings (SSSR count). The highest BCUT2D eigenvalue weighted by Gasteiger charge is 2.24. The van der Waals surface area contributed by atoms with Crippen LogP contribution in [0.5, 0.6) is 0 Å². The molecular formula is C10H17NO2. The Bertz CT molecular complexity index is 188. The van der Waals surface area contributed by atoms with Gasteiger partial charge in [-0.15, -0.1) is 12.3 Å². The number of aliphatic hydroxyl groups is 2. The molecule has 0 radical (unpaired) electrons. The highest BCUT2D eigenvalue weighted by atomic mass is 16.3. The Balaban J connectivity index is 2.18. The number of nitrogens with zero attached hydrogens (tertiary/aromatic N) is 1. The van der Waals surface area contributed by atoms with Crippen molar-refractivity contribution >= 4 is 0 Å². The first-order valence-corrected chi connectivity index (χ1v) is 4.76. The molecule has 1 fully saturated rings. The van der Waals surface area contributed by atoms with Crippen molar-refractivity contribution in [2.75, 3.05) is 19.6 Å². The third kappa shape index (κ3) is 3.35. The van der Waals surface area contributed by atoms with E-state index in [1.807, 2.05) is 0 Å². The molecule has 0 amide bonds. The quantitative estimate of drug-likeness (QED) is 0.471. The van der Waals surface area contributed by atoms with Crippen LogP contribution in [0.3, 0.4) is 0 Å². The number of hydrogen-bond donors (Lipinski definition) is 2. The Hall–Kier alpha value is -0.560. The third-order valence-electron chi connectivity index (χ3n) is 2.43. The van der Waals surface area contributed by atoms with Crippen LogP contribution in [0.25, 0.3) is 0 Å². The molecule has 0 saturated carbocycles. The standard InChI is InChI=1S/C10H17NO2/c1-2-3-4-6-11-7-5-9(12)10(13)8-11/h1,9-10,12-13H,3-8H2/t9-,10+/m1/s1. The molecule has 13 heavy (non-hydrogen) atoms. The van der Waals surface area contributed by atoms with Crippen molar-refractivity contribution in [1.29, 1.82) is 0 Å². The number of rotatable bonds is 3. The van der Waals surface area contributed by atoms with E-state index in [0.29, 0.717) is 13.0 Å². The van der Waals surface area contributed by atoms with Crippen LogP contribution in [0.1, 0.15) is 19.3 Å². The first-order chi connectivity index (χ1) is 6.24. The average molecular weight is 183 g/mol. The SMILES string of the molecule is C#CCCCN1CC[C@@H](O)[C@@H](O)C1. The summed E-state index contributed by atoms with van der Waals surface area (Å²) in [5, 5.41) is 18.6. The Morgan fingerprint density at radius 1 is 1.38 bits per heavy atom. The zero-order chi connectivity index (χ0) is 9.68. The Labute approximate surface area is 79.4 Å². The van der Waals surface area contributed by atoms with E-state index in [2.05, 4.69) is 10.8 Å². The van der Waals surface area contributed by atoms with Crippen LogP contribution in [-0.2, 0) is 0 Å². The van der Waals surface area contributed by atoms with Crippen LogP contribution in [0.15, 0.2) is 0 Å². The van der Waals surface area contributed by atoms with Crippen molar-refractivity contribution in [3.8, 4) is 12.3 Å². The van der Waals surface area contributed by atoms with Crippen molar-refractivity contribution in [2.24, 2.45) is 0 Å². The minimum atomic E-state index is -0.584. The van der Waals surface area contributed by atoms with Gasteiger partial charge in [0, 0.05) is 19.5 Å². The lowest BCUT2D eigenvalue weighted by atomic mass is 10.0. The highest BCUT2D eigenvalue weighted by molar-refractivity contribution is 4.84. The topological polar surface area (TPSA) is 43.7 Å². The normalized spacial score (nSPS) is 29.9. The van der Waals surface area contributed by atoms with Gasteiger partial charge in [-0.05, 0) is 19.4 Å². The van der Waals surface area contributed by atoms with E-state index in [1.54, 1.807) is 0 Å². The number of likely N-dealkylation sites (tertiary alicyclic amines) is 1. The summed E-state index contributed by atoms with van der Waals surface area (Å²) in [5.74, 6) is 2.59. The Kier molecular flexibility index (Phi) is 4.23. The minimum absolute atomic E-state index is 0.538. The molecule has 0 aromatic heterocycles. The van der Waals surface area contributed by atoms with Crippen molar-refractivity contribution < 1.29 is 10.2 Å². The van der Waals surface area contributed by atoms with Crippen molar-refractivity contribution in [3.05, 3.63) is 0 Å². The number of piperidine rings is 1. The molecule has 0 aliphatic carbocycles. The fraction of sp³-hybridized carbons (Fsp3) is 0.800. The van der Waals surface area contributed by atoms with Crippen LogP contribution in [0.2, 0.25) is 0 Å². The van der Waals surface area contributed by atoms with E-state index in [0.717, 1.165) is 25.9 Å². The highest BCUT2D eigenvalue weighted by Crippen LogP contribution is 2.11. The van der Waals surface area contributed by atoms with Crippen molar-refractivity contribution in [3.63, 3.8) is 0 Å². The van der Waals surface area contributed by atoms with Crippen molar-refractivity contribution in [2.45, 2.75) is 31.5 Å². The molecule has 0 unspecified atom stereocenters. The van der Waals surface area contributed by atoms with E-state index in [1.165, 1.54) is 0 Å². The van der Waals surface area contributed by atoms with Gasteiger partial charge in [-0.3, -0.25) is 0 Å². The van der Waals surface area contributed by atoms with E-state index in [9.17, 15) is 10.2 Å². The number of aliphatic hydroxyl groups excluding tert-OH is 2. The summed E-state index contributed by atoms with van der Waals surface area (Å²) in [6.45, 7) is 2.36. The largest absolute Gasteiger partial charge is 0.390 e. The zero-order valence-corrected chi connectivity index (χ0v) is 7.82. The molecule has 0 spiro atoms. The van der Waals surface area contributed by atoms with E-state index < -0.39 is 12.2 Å². The van der Waals surface area contributed by atoms with Gasteiger partial charge >= 0.3 is 0 Å². The van der Waals surface area contributed by atoms with Gasteiger partial charge in [0.1, 0.15) is 0 Å². The lowest BCUT2D eigenvalue weighted by Gasteiger charge is -2.33. The third-order valence-corrected chi connectivity index (χ3v) is 2.43. The van der Waals surface area contributed by atoms with E-state index in [-0.39, 0.29) is 0 Å². The molecule has 74 valence electrons. The molecule has 1 aliphatic rings. The van der Waals surface area contributed by atoms with E-state index in [4.69, 9.17) is 6.42 Å². The molecular weight excluding hydrogens is 166 g/mol. The van der Waals surface area contributed by atoms with Gasteiger partial charge in [-0.1, -0.05) is 0 Å². The van der Waals surface area contributed by atoms with Gasteiger partial charge in [-0.2, -0.15) is 0 Å². The maximum atomic E-state index is 9.37. The smallest absolute Gasteiger partial charge is 0.0926 e. The lowest BCUT2D eigenvalue weighted by Crippen LogP contribution is -2.46. The Morgan fingerprint density at radius 2 is 2.15 bits per heavy atom. The second kappa shape index (κ2) is 5.23. The Morgan fingerprint density at radius 3 is 2.77 bits per heavy atom. The molecule has 1 heterocycles. The molecule has 0 aromatic rings. The lowest BCUT2D eigenvalue weighted by molar-refractivity contribution is -0.0383. The number of β-amino-alcohol motifs (C(OH)–C–C–N with tert-alkyl or cyclic N) is 1. The van der Waals surface area contributed by atoms with Crippen molar-refractivity contribution in [1.82, 2.24) is 4.90 Å². The van der Waals surface area contributed by atoms with Gasteiger partial charge in [0.05, 0.1) is 12.2 Å². The van der Waals surface area contributed by atoms with Crippen LogP contribution in [0.4, 0.5) is 0 Å². The average Bonchev–Trinajstić information content (AvgIpc) is 2.12. The monoisotopic (exact) mass is 183 g/mol. The second-order valence-corrected chi connectivity index (χ2v) is 3.53. The maximum absolute atomic E-state index is 9.37. The van der Waals surface area contributed by atoms with Gasteiger partial charge in [0.25, 0.3) is 0 Å². The first kappa shape index (κ1) is 10.5. The zero-order valence-electron chi connectivity index (χ0n) is 7.82. The fourth-order valence-electron chi connectivity index (χ4n) is 1.59. The van der Waals surface area contributed by atoms with Crippen LogP contribution >= 0.6 is 0 Å². The van der Waals surface area contributed by atoms with Crippen LogP contribution < -0.4 is 0 Å². The molecule has 0 aromatic carbocycles. The summed E-state index contributed by atoms with van der Waals surface area (Å²) < 4.78 is 0. The summed E-state index contributed by atoms with van der Waals surface area (Å²) in [4.78, 5) is 2.15. The second-order valence-electron chi connectivity index (χ2n) is 3.53. The summed E-state index contributed by atoms with van der Waals surface area (Å²) in [7, 11) is 0. The van der Waals surface area contributed by atoms with Crippen LogP contribution in [-0.4, -0.2) is 47.0 Å². The van der Waals surface area contributed by atoms with Crippen LogP contribution in [0, 0.1) is 12.3 Å². The minimum Gasteiger partial charge on any atom is -0.390 e. The molecule has 3 nitrogen and oxygen atoms in total. The summed E-state index contributed by atoms with van der Waals surface area (Å²) in [5.41, 5.74) is 0. The molecule has 0 bridgehead atoms. The predicted octanol–water partition coefficient (Wildman–Crippen LogP) is -0.173. The van der Waals surface area contributed by atoms with E-state index >= 15 is 0 Å². The molecule has 2 N–H and O–H groups in total. The maximum Gasteiger partial charge on any atom is 0.0926 e. The predicted molar refractivity (Wildman–Crippen MR) is 51.1 cm³/mol. The molecule has 2 atom stereocenters. The molecule has 3 heteroatoms. The summed E-state index contributed by atoms with van der Waals surface area (Å²) in [6.07, 6.45) is 6.44. The van der Waals surface area contributed by atoms with Gasteiger partial charge < -0.3 is 15.1 Å². The summed E-state index contributed by atoms with van der Waals surface area (Å²) >= 11 is 0. The summed E-state index contributed by atoms with van der Waals surface area (Å²) in [6, 6.07) is 0. The number of unbranched alkanes of at least 4 members (excludes halogenated alkanes) is 1. The first-order valence-electron chi connectivity index (χ1n) is 4.76. The number of hydrogen-bond acceptors (Lipinski definition) is 3. The molecule has 1 aliphatic heterocycles. The molecule has 1 saturated heterocycles. The van der Waals surface area contributed by atoms with Gasteiger partial charge in [-0.25, -0.2) is 0 Å². The number of terminal acetylenes is 1. The fourth-order valence-corrected chi connectivity index (χ4v) is 1.59. The van der Waals surface area contributed by atoms with Gasteiger partial charge in [0.15, 0.2) is 0 Å².